The van der Waals surface area contributed by atoms with Crippen LogP contribution in [0.2, 0.25) is 0 Å². The molecule has 0 radical (unpaired) electrons. The van der Waals surface area contributed by atoms with Crippen LogP contribution in [0.5, 0.6) is 0 Å². The molecular weight excluding hydrogens is 304 g/mol. The van der Waals surface area contributed by atoms with Gasteiger partial charge in [-0.2, -0.15) is 0 Å². The molecule has 0 fully saturated rings. The van der Waals surface area contributed by atoms with Gasteiger partial charge in [-0.15, -0.1) is 22.7 Å². The molecule has 0 aliphatic heterocycles. The number of hydrogen-bond acceptors (Lipinski definition) is 5. The third-order valence-corrected chi connectivity index (χ3v) is 5.23. The second-order valence-corrected chi connectivity index (χ2v) is 6.60. The van der Waals surface area contributed by atoms with Crippen molar-refractivity contribution in [2.75, 3.05) is 7.05 Å². The van der Waals surface area contributed by atoms with Gasteiger partial charge in [-0.25, -0.2) is 4.98 Å². The lowest BCUT2D eigenvalue weighted by atomic mass is 10.3. The largest absolute Gasteiger partial charge is 0.467 e. The number of amides is 1. The number of aromatic nitrogens is 1. The minimum Gasteiger partial charge on any atom is -0.467 e. The molecule has 0 saturated carbocycles. The van der Waals surface area contributed by atoms with Crippen LogP contribution in [0.4, 0.5) is 0 Å². The fraction of sp³-hybridized carbons (Fsp3) is 0.200. The van der Waals surface area contributed by atoms with Gasteiger partial charge in [0.1, 0.15) is 15.6 Å². The Morgan fingerprint density at radius 3 is 2.90 bits per heavy atom. The van der Waals surface area contributed by atoms with E-state index < -0.39 is 0 Å². The van der Waals surface area contributed by atoms with E-state index in [2.05, 4.69) is 4.98 Å². The molecule has 0 spiro atoms. The molecule has 3 heterocycles. The van der Waals surface area contributed by atoms with Crippen LogP contribution in [0.15, 0.2) is 40.3 Å². The van der Waals surface area contributed by atoms with Gasteiger partial charge >= 0.3 is 0 Å². The Bertz CT molecular complexity index is 730. The minimum absolute atomic E-state index is 0.0239. The van der Waals surface area contributed by atoms with E-state index in [-0.39, 0.29) is 5.91 Å². The van der Waals surface area contributed by atoms with E-state index in [9.17, 15) is 4.79 Å². The van der Waals surface area contributed by atoms with Crippen molar-refractivity contribution in [3.8, 4) is 9.88 Å². The molecule has 1 amide bonds. The summed E-state index contributed by atoms with van der Waals surface area (Å²) in [7, 11) is 1.77. The lowest BCUT2D eigenvalue weighted by Gasteiger charge is -2.14. The average molecular weight is 318 g/mol. The van der Waals surface area contributed by atoms with E-state index >= 15 is 0 Å². The molecule has 0 aliphatic carbocycles. The topological polar surface area (TPSA) is 46.3 Å². The van der Waals surface area contributed by atoms with Crippen LogP contribution in [0.25, 0.3) is 9.88 Å². The molecule has 0 N–H and O–H groups in total. The Balaban J connectivity index is 1.81. The van der Waals surface area contributed by atoms with Crippen molar-refractivity contribution in [2.45, 2.75) is 13.5 Å². The molecule has 0 bridgehead atoms. The van der Waals surface area contributed by atoms with Crippen LogP contribution in [-0.4, -0.2) is 22.8 Å². The van der Waals surface area contributed by atoms with E-state index in [1.165, 1.54) is 11.3 Å². The van der Waals surface area contributed by atoms with E-state index in [4.69, 9.17) is 4.42 Å². The zero-order valence-corrected chi connectivity index (χ0v) is 13.3. The second kappa shape index (κ2) is 5.83. The standard InChI is InChI=1S/C15H14N2O2S2/c1-10-13(21-14(16-10)12-6-4-8-20-12)15(18)17(2)9-11-5-3-7-19-11/h3-8H,9H2,1-2H3. The number of rotatable bonds is 4. The SMILES string of the molecule is Cc1nc(-c2cccs2)sc1C(=O)N(C)Cc1ccco1. The molecule has 3 aromatic rings. The zero-order chi connectivity index (χ0) is 14.8. The van der Waals surface area contributed by atoms with Crippen molar-refractivity contribution in [3.63, 3.8) is 0 Å². The lowest BCUT2D eigenvalue weighted by molar-refractivity contribution is 0.0779. The van der Waals surface area contributed by atoms with Crippen molar-refractivity contribution in [1.29, 1.82) is 0 Å². The highest BCUT2D eigenvalue weighted by atomic mass is 32.1. The van der Waals surface area contributed by atoms with Gasteiger partial charge in [0.2, 0.25) is 0 Å². The molecule has 0 unspecified atom stereocenters. The predicted molar refractivity (Wildman–Crippen MR) is 84.7 cm³/mol. The normalized spacial score (nSPS) is 10.8. The summed E-state index contributed by atoms with van der Waals surface area (Å²) in [5.74, 6) is 0.746. The first kappa shape index (κ1) is 14.0. The minimum atomic E-state index is -0.0239. The predicted octanol–water partition coefficient (Wildman–Crippen LogP) is 4.05. The van der Waals surface area contributed by atoms with Gasteiger partial charge in [0.05, 0.1) is 23.4 Å². The fourth-order valence-electron chi connectivity index (χ4n) is 1.98. The van der Waals surface area contributed by atoms with Crippen LogP contribution in [-0.2, 0) is 6.54 Å². The van der Waals surface area contributed by atoms with Crippen LogP contribution < -0.4 is 0 Å². The number of carbonyl (C=O) groups excluding carboxylic acids is 1. The smallest absolute Gasteiger partial charge is 0.266 e. The third kappa shape index (κ3) is 2.91. The molecule has 6 heteroatoms. The molecule has 3 rings (SSSR count). The van der Waals surface area contributed by atoms with E-state index in [1.54, 1.807) is 29.5 Å². The molecule has 0 aromatic carbocycles. The summed E-state index contributed by atoms with van der Waals surface area (Å²) in [6.45, 7) is 2.33. The van der Waals surface area contributed by atoms with Crippen molar-refractivity contribution >= 4 is 28.6 Å². The maximum absolute atomic E-state index is 12.5. The lowest BCUT2D eigenvalue weighted by Crippen LogP contribution is -2.25. The van der Waals surface area contributed by atoms with Crippen molar-refractivity contribution < 1.29 is 9.21 Å². The summed E-state index contributed by atoms with van der Waals surface area (Å²) >= 11 is 3.07. The van der Waals surface area contributed by atoms with Crippen LogP contribution in [0.1, 0.15) is 21.1 Å². The number of thiophene rings is 1. The third-order valence-electron chi connectivity index (χ3n) is 3.04. The Morgan fingerprint density at radius 1 is 1.38 bits per heavy atom. The van der Waals surface area contributed by atoms with Crippen LogP contribution >= 0.6 is 22.7 Å². The van der Waals surface area contributed by atoms with Gasteiger partial charge in [-0.3, -0.25) is 4.79 Å². The monoisotopic (exact) mass is 318 g/mol. The first-order valence-electron chi connectivity index (χ1n) is 6.44. The summed E-state index contributed by atoms with van der Waals surface area (Å²) in [5.41, 5.74) is 0.777. The maximum Gasteiger partial charge on any atom is 0.266 e. The Hall–Kier alpha value is -1.92. The highest BCUT2D eigenvalue weighted by Crippen LogP contribution is 2.31. The highest BCUT2D eigenvalue weighted by Gasteiger charge is 2.20. The number of nitrogens with zero attached hydrogens (tertiary/aromatic N) is 2. The number of aryl methyl sites for hydroxylation is 1. The van der Waals surface area contributed by atoms with Gasteiger partial charge in [-0.1, -0.05) is 6.07 Å². The van der Waals surface area contributed by atoms with Gasteiger partial charge < -0.3 is 9.32 Å². The maximum atomic E-state index is 12.5. The molecule has 3 aromatic heterocycles. The van der Waals surface area contributed by atoms with Gasteiger partial charge in [0.15, 0.2) is 0 Å². The number of furan rings is 1. The summed E-state index contributed by atoms with van der Waals surface area (Å²) in [6, 6.07) is 7.69. The van der Waals surface area contributed by atoms with Gasteiger partial charge in [-0.05, 0) is 30.5 Å². The molecule has 21 heavy (non-hydrogen) atoms. The molecule has 4 nitrogen and oxygen atoms in total. The molecule has 0 atom stereocenters. The highest BCUT2D eigenvalue weighted by molar-refractivity contribution is 7.22. The molecule has 0 saturated heterocycles. The van der Waals surface area contributed by atoms with Crippen LogP contribution in [0.3, 0.4) is 0 Å². The van der Waals surface area contributed by atoms with Gasteiger partial charge in [0.25, 0.3) is 5.91 Å². The Labute approximate surface area is 130 Å². The summed E-state index contributed by atoms with van der Waals surface area (Å²) in [4.78, 5) is 20.5. The van der Waals surface area contributed by atoms with Crippen molar-refractivity contribution in [2.24, 2.45) is 0 Å². The second-order valence-electron chi connectivity index (χ2n) is 4.65. The first-order valence-corrected chi connectivity index (χ1v) is 8.14. The molecule has 0 aliphatic rings. The van der Waals surface area contributed by atoms with Crippen LogP contribution in [0, 0.1) is 6.92 Å². The number of hydrogen-bond donors (Lipinski definition) is 0. The summed E-state index contributed by atoms with van der Waals surface area (Å²) in [6.07, 6.45) is 1.61. The van der Waals surface area contributed by atoms with E-state index in [1.807, 2.05) is 36.6 Å². The summed E-state index contributed by atoms with van der Waals surface area (Å²) in [5, 5.41) is 2.91. The number of thiazole rings is 1. The zero-order valence-electron chi connectivity index (χ0n) is 11.7. The summed E-state index contributed by atoms with van der Waals surface area (Å²) < 4.78 is 5.28. The van der Waals surface area contributed by atoms with Gasteiger partial charge in [0, 0.05) is 7.05 Å². The number of carbonyl (C=O) groups is 1. The van der Waals surface area contributed by atoms with E-state index in [0.29, 0.717) is 11.4 Å². The quantitative estimate of drug-likeness (QED) is 0.729. The average Bonchev–Trinajstić information content (AvgIpc) is 3.18. The Kier molecular flexibility index (Phi) is 3.90. The van der Waals surface area contributed by atoms with E-state index in [0.717, 1.165) is 21.3 Å². The molecular formula is C15H14N2O2S2. The first-order chi connectivity index (χ1) is 10.1. The van der Waals surface area contributed by atoms with Crippen molar-refractivity contribution in [1.82, 2.24) is 9.88 Å². The van der Waals surface area contributed by atoms with Crippen molar-refractivity contribution in [3.05, 3.63) is 52.2 Å². The Morgan fingerprint density at radius 2 is 2.24 bits per heavy atom. The fourth-order valence-corrected chi connectivity index (χ4v) is 3.84. The molecule has 108 valence electrons.